The van der Waals surface area contributed by atoms with Gasteiger partial charge in [0.15, 0.2) is 0 Å². The maximum absolute atomic E-state index is 13.5. The summed E-state index contributed by atoms with van der Waals surface area (Å²) in [5.41, 5.74) is 1.73. The van der Waals surface area contributed by atoms with E-state index in [1.54, 1.807) is 12.1 Å². The van der Waals surface area contributed by atoms with E-state index in [2.05, 4.69) is 0 Å². The molecule has 1 aromatic heterocycles. The first-order valence-corrected chi connectivity index (χ1v) is 12.2. The van der Waals surface area contributed by atoms with Crippen molar-refractivity contribution in [3.05, 3.63) is 34.7 Å². The second kappa shape index (κ2) is 10.5. The van der Waals surface area contributed by atoms with E-state index in [1.807, 2.05) is 6.92 Å². The number of hydrogen-bond acceptors (Lipinski definition) is 7. The normalized spacial score (nSPS) is 26.8. The van der Waals surface area contributed by atoms with Gasteiger partial charge in [-0.1, -0.05) is 25.3 Å². The van der Waals surface area contributed by atoms with Crippen LogP contribution in [0.25, 0.3) is 0 Å². The van der Waals surface area contributed by atoms with Crippen LogP contribution in [0.2, 0.25) is 0 Å². The van der Waals surface area contributed by atoms with Crippen LogP contribution >= 0.6 is 0 Å². The zero-order valence-electron chi connectivity index (χ0n) is 19.4. The Balaban J connectivity index is 1.55. The molecule has 3 N–H and O–H groups in total. The number of aliphatic carboxylic acids is 1. The van der Waals surface area contributed by atoms with E-state index < -0.39 is 31.0 Å². The van der Waals surface area contributed by atoms with E-state index in [0.29, 0.717) is 43.6 Å². The molecule has 10 heteroatoms. The Kier molecular flexibility index (Phi) is 7.59. The average Bonchev–Trinajstić information content (AvgIpc) is 3.37. The van der Waals surface area contributed by atoms with Crippen LogP contribution in [0, 0.1) is 17.8 Å². The minimum atomic E-state index is -1.18. The number of aliphatic hydroxyl groups excluding tert-OH is 1. The zero-order valence-corrected chi connectivity index (χ0v) is 19.4. The predicted molar refractivity (Wildman–Crippen MR) is 121 cm³/mol. The van der Waals surface area contributed by atoms with Gasteiger partial charge in [0.2, 0.25) is 11.8 Å². The quantitative estimate of drug-likeness (QED) is 0.268. The Morgan fingerprint density at radius 3 is 2.65 bits per heavy atom. The van der Waals surface area contributed by atoms with Gasteiger partial charge in [-0.05, 0) is 55.6 Å². The molecule has 1 aliphatic carbocycles. The smallest absolute Gasteiger partial charge is 0.481 e. The summed E-state index contributed by atoms with van der Waals surface area (Å²) in [5, 5.41) is 29.1. The zero-order chi connectivity index (χ0) is 24.4. The third-order valence-electron chi connectivity index (χ3n) is 7.28. The van der Waals surface area contributed by atoms with Crippen molar-refractivity contribution in [2.24, 2.45) is 17.8 Å². The molecule has 0 bridgehead atoms. The number of amides is 2. The van der Waals surface area contributed by atoms with Crippen molar-refractivity contribution in [1.29, 1.82) is 0 Å². The van der Waals surface area contributed by atoms with Crippen LogP contribution in [0.5, 0.6) is 0 Å². The number of rotatable bonds is 10. The summed E-state index contributed by atoms with van der Waals surface area (Å²) < 4.78 is 11.5. The average molecular weight is 473 g/mol. The lowest BCUT2D eigenvalue weighted by atomic mass is 9.55. The van der Waals surface area contributed by atoms with Gasteiger partial charge in [0.1, 0.15) is 24.2 Å². The molecule has 184 valence electrons. The number of imide groups is 1. The number of likely N-dealkylation sites (tertiary alicyclic amines) is 1. The van der Waals surface area contributed by atoms with Crippen LogP contribution in [0.4, 0.5) is 0 Å². The molecule has 0 aromatic carbocycles. The molecule has 3 heterocycles. The van der Waals surface area contributed by atoms with E-state index >= 15 is 0 Å². The Morgan fingerprint density at radius 2 is 1.97 bits per heavy atom. The van der Waals surface area contributed by atoms with Crippen LogP contribution in [0.1, 0.15) is 75.9 Å². The van der Waals surface area contributed by atoms with Crippen molar-refractivity contribution in [3.8, 4) is 0 Å². The minimum absolute atomic E-state index is 0.0763. The van der Waals surface area contributed by atoms with Gasteiger partial charge >= 0.3 is 13.1 Å². The largest absolute Gasteiger partial charge is 0.487 e. The second-order valence-corrected chi connectivity index (χ2v) is 9.46. The topological polar surface area (TPSA) is 138 Å². The first-order chi connectivity index (χ1) is 16.3. The van der Waals surface area contributed by atoms with Crippen LogP contribution < -0.4 is 0 Å². The number of furan rings is 1. The molecular weight excluding hydrogens is 441 g/mol. The number of allylic oxidation sites excluding steroid dienone is 2. The molecule has 34 heavy (non-hydrogen) atoms. The Morgan fingerprint density at radius 1 is 1.18 bits per heavy atom. The van der Waals surface area contributed by atoms with Gasteiger partial charge in [-0.2, -0.15) is 0 Å². The molecule has 4 rings (SSSR count). The summed E-state index contributed by atoms with van der Waals surface area (Å²) in [6.45, 7) is 2.08. The number of hydrogen-bond donors (Lipinski definition) is 3. The maximum Gasteiger partial charge on any atom is 0.487 e. The maximum atomic E-state index is 13.5. The van der Waals surface area contributed by atoms with E-state index in [-0.39, 0.29) is 37.3 Å². The van der Waals surface area contributed by atoms with Crippen LogP contribution in [-0.2, 0) is 25.6 Å². The highest BCUT2D eigenvalue weighted by atomic mass is 16.5. The van der Waals surface area contributed by atoms with Gasteiger partial charge < -0.3 is 24.3 Å². The fourth-order valence-corrected chi connectivity index (χ4v) is 5.79. The SMILES string of the molecule is CCCC1=C2B(O)O[C@H](c3ccc(CO)o3)C[C@H]2[C@H]2C(=O)N(CCCCCC(=O)O)C(=O)[C@H]2C1. The number of carboxylic acid groups (broad SMARTS) is 1. The van der Waals surface area contributed by atoms with E-state index in [4.69, 9.17) is 14.2 Å². The first-order valence-electron chi connectivity index (χ1n) is 12.2. The van der Waals surface area contributed by atoms with Crippen LogP contribution in [-0.4, -0.2) is 51.6 Å². The molecule has 2 amide bonds. The number of aliphatic hydroxyl groups is 1. The number of nitrogens with zero attached hydrogens (tertiary/aromatic N) is 1. The highest BCUT2D eigenvalue weighted by molar-refractivity contribution is 6.53. The van der Waals surface area contributed by atoms with Gasteiger partial charge in [-0.25, -0.2) is 0 Å². The number of carbonyl (C=O) groups excluding carboxylic acids is 2. The molecule has 0 saturated carbocycles. The second-order valence-electron chi connectivity index (χ2n) is 9.46. The summed E-state index contributed by atoms with van der Waals surface area (Å²) >= 11 is 0. The summed E-state index contributed by atoms with van der Waals surface area (Å²) in [5.74, 6) is -1.68. The van der Waals surface area contributed by atoms with Crippen molar-refractivity contribution >= 4 is 24.9 Å². The summed E-state index contributed by atoms with van der Waals surface area (Å²) in [4.78, 5) is 38.8. The lowest BCUT2D eigenvalue weighted by Gasteiger charge is -2.41. The van der Waals surface area contributed by atoms with Gasteiger partial charge in [-0.15, -0.1) is 0 Å². The lowest BCUT2D eigenvalue weighted by molar-refractivity contribution is -0.141. The van der Waals surface area contributed by atoms with Crippen LogP contribution in [0.15, 0.2) is 27.6 Å². The van der Waals surface area contributed by atoms with E-state index in [0.717, 1.165) is 23.9 Å². The molecule has 1 aromatic rings. The third-order valence-corrected chi connectivity index (χ3v) is 7.28. The fourth-order valence-electron chi connectivity index (χ4n) is 5.79. The lowest BCUT2D eigenvalue weighted by Crippen LogP contribution is -2.44. The van der Waals surface area contributed by atoms with Crippen molar-refractivity contribution in [2.45, 2.75) is 71.0 Å². The predicted octanol–water partition coefficient (Wildman–Crippen LogP) is 2.62. The number of fused-ring (bicyclic) bond motifs is 3. The molecule has 3 aliphatic rings. The molecule has 4 atom stereocenters. The van der Waals surface area contributed by atoms with Crippen molar-refractivity contribution in [2.75, 3.05) is 6.54 Å². The Bertz CT molecular complexity index is 972. The fraction of sp³-hybridized carbons (Fsp3) is 0.625. The third kappa shape index (κ3) is 4.71. The molecule has 0 unspecified atom stereocenters. The Labute approximate surface area is 198 Å². The highest BCUT2D eigenvalue weighted by Gasteiger charge is 2.57. The molecule has 2 aliphatic heterocycles. The summed E-state index contributed by atoms with van der Waals surface area (Å²) in [6, 6.07) is 3.36. The summed E-state index contributed by atoms with van der Waals surface area (Å²) in [6.07, 6.45) is 3.65. The Hall–Kier alpha value is -2.43. The molecule has 0 radical (unpaired) electrons. The van der Waals surface area contributed by atoms with Gasteiger partial charge in [0, 0.05) is 13.0 Å². The number of carboxylic acids is 1. The highest BCUT2D eigenvalue weighted by Crippen LogP contribution is 2.52. The molecular formula is C24H32BNO8. The number of carbonyl (C=O) groups is 3. The molecule has 2 fully saturated rings. The summed E-state index contributed by atoms with van der Waals surface area (Å²) in [7, 11) is -1.18. The standard InChI is InChI=1S/C24H32BNO8/c1-2-6-14-11-17-21(24(31)26(23(17)30)10-5-3-4-7-20(28)29)16-12-19(34-25(32)22(14)16)18-9-8-15(13-27)33-18/h8-9,16-17,19,21,27,32H,2-7,10-13H2,1H3,(H,28,29)/t16-,17-,19-,21+/m0/s1. The molecule has 9 nitrogen and oxygen atoms in total. The van der Waals surface area contributed by atoms with E-state index in [1.165, 1.54) is 4.90 Å². The first kappa shape index (κ1) is 24.7. The monoisotopic (exact) mass is 473 g/mol. The van der Waals surface area contributed by atoms with E-state index in [9.17, 15) is 24.5 Å². The molecule has 0 spiro atoms. The van der Waals surface area contributed by atoms with Crippen LogP contribution in [0.3, 0.4) is 0 Å². The van der Waals surface area contributed by atoms with Crippen molar-refractivity contribution in [3.63, 3.8) is 0 Å². The van der Waals surface area contributed by atoms with Crippen molar-refractivity contribution in [1.82, 2.24) is 4.90 Å². The van der Waals surface area contributed by atoms with Crippen molar-refractivity contribution < 1.29 is 38.7 Å². The molecule has 2 saturated heterocycles. The van der Waals surface area contributed by atoms with Gasteiger partial charge in [0.05, 0.1) is 11.8 Å². The van der Waals surface area contributed by atoms with Gasteiger partial charge in [0.25, 0.3) is 0 Å². The minimum Gasteiger partial charge on any atom is -0.481 e. The van der Waals surface area contributed by atoms with Gasteiger partial charge in [-0.3, -0.25) is 19.3 Å². The number of unbranched alkanes of at least 4 members (excludes halogenated alkanes) is 2.